The number of aromatic carboxylic acids is 1. The molecule has 0 saturated carbocycles. The van der Waals surface area contributed by atoms with Crippen LogP contribution in [0.25, 0.3) is 42.8 Å². The monoisotopic (exact) mass is 469 g/mol. The van der Waals surface area contributed by atoms with Crippen LogP contribution in [0.2, 0.25) is 0 Å². The van der Waals surface area contributed by atoms with Crippen molar-refractivity contribution in [1.82, 2.24) is 14.3 Å². The predicted octanol–water partition coefficient (Wildman–Crippen LogP) is 6.05. The van der Waals surface area contributed by atoms with E-state index in [2.05, 4.69) is 63.2 Å². The van der Waals surface area contributed by atoms with Gasteiger partial charge in [0, 0.05) is 38.0 Å². The van der Waals surface area contributed by atoms with E-state index in [0.717, 1.165) is 17.0 Å². The van der Waals surface area contributed by atoms with Crippen molar-refractivity contribution in [1.29, 1.82) is 0 Å². The average Bonchev–Trinajstić information content (AvgIpc) is 3.39. The number of rotatable bonds is 2. The maximum atomic E-state index is 12.6. The molecule has 0 spiro atoms. The molecule has 1 atom stereocenters. The van der Waals surface area contributed by atoms with Gasteiger partial charge in [0.15, 0.2) is 5.43 Å². The van der Waals surface area contributed by atoms with Crippen LogP contribution in [0, 0.1) is 5.41 Å². The molecular weight excluding hydrogens is 446 g/mol. The van der Waals surface area contributed by atoms with E-state index in [1.807, 2.05) is 15.3 Å². The molecule has 1 aliphatic rings. The second-order valence-corrected chi connectivity index (χ2v) is 11.0. The van der Waals surface area contributed by atoms with E-state index in [-0.39, 0.29) is 17.0 Å². The van der Waals surface area contributed by atoms with E-state index >= 15 is 0 Å². The summed E-state index contributed by atoms with van der Waals surface area (Å²) in [5.74, 6) is -1.20. The van der Waals surface area contributed by atoms with Gasteiger partial charge in [-0.3, -0.25) is 9.48 Å². The van der Waals surface area contributed by atoms with Gasteiger partial charge in [0.1, 0.15) is 5.56 Å². The highest BCUT2D eigenvalue weighted by Crippen LogP contribution is 2.43. The standard InChI is InChI=1S/C27H23N3O3S/c1-27(2,3)24-14-30-21(20-12-22(31)18(26(32)33)13-29(20)24)11-19(28-30)17-9-6-8-16-15-7-4-5-10-23(15)34-25(16)17/h4-13,24H,14H2,1-3H3,(H,32,33)/t24-/m0/s1. The molecule has 3 aromatic heterocycles. The molecule has 170 valence electrons. The van der Waals surface area contributed by atoms with Crippen LogP contribution in [-0.2, 0) is 6.54 Å². The topological polar surface area (TPSA) is 77.1 Å². The van der Waals surface area contributed by atoms with Gasteiger partial charge >= 0.3 is 5.97 Å². The number of pyridine rings is 1. The second kappa shape index (κ2) is 7.14. The summed E-state index contributed by atoms with van der Waals surface area (Å²) in [5.41, 5.74) is 2.56. The molecule has 34 heavy (non-hydrogen) atoms. The zero-order chi connectivity index (χ0) is 23.8. The van der Waals surface area contributed by atoms with Crippen LogP contribution in [0.1, 0.15) is 37.2 Å². The van der Waals surface area contributed by atoms with E-state index in [4.69, 9.17) is 5.10 Å². The molecule has 7 heteroatoms. The van der Waals surface area contributed by atoms with Crippen molar-refractivity contribution in [3.05, 3.63) is 76.6 Å². The second-order valence-electron chi connectivity index (χ2n) is 9.91. The molecule has 0 amide bonds. The molecule has 0 saturated heterocycles. The van der Waals surface area contributed by atoms with Crippen molar-refractivity contribution in [2.24, 2.45) is 5.41 Å². The minimum atomic E-state index is -1.20. The molecule has 0 bridgehead atoms. The molecule has 2 aromatic carbocycles. The molecule has 0 fully saturated rings. The molecule has 5 aromatic rings. The van der Waals surface area contributed by atoms with Gasteiger partial charge in [-0.15, -0.1) is 11.3 Å². The maximum Gasteiger partial charge on any atom is 0.341 e. The van der Waals surface area contributed by atoms with Gasteiger partial charge in [-0.2, -0.15) is 5.10 Å². The quantitative estimate of drug-likeness (QED) is 0.342. The first-order valence-corrected chi connectivity index (χ1v) is 12.0. The number of thiophene rings is 1. The number of aromatic nitrogens is 3. The van der Waals surface area contributed by atoms with Crippen LogP contribution in [0.5, 0.6) is 0 Å². The molecule has 0 aliphatic carbocycles. The Morgan fingerprint density at radius 2 is 1.82 bits per heavy atom. The Hall–Kier alpha value is -3.71. The third kappa shape index (κ3) is 3.04. The molecule has 6 nitrogen and oxygen atoms in total. The fourth-order valence-electron chi connectivity index (χ4n) is 4.96. The Balaban J connectivity index is 1.59. The van der Waals surface area contributed by atoms with Gasteiger partial charge in [0.2, 0.25) is 0 Å². The lowest BCUT2D eigenvalue weighted by atomic mass is 9.85. The van der Waals surface area contributed by atoms with Gasteiger partial charge in [0.05, 0.1) is 29.7 Å². The van der Waals surface area contributed by atoms with Crippen LogP contribution in [-0.4, -0.2) is 25.4 Å². The van der Waals surface area contributed by atoms with Gasteiger partial charge in [0.25, 0.3) is 0 Å². The highest BCUT2D eigenvalue weighted by molar-refractivity contribution is 7.26. The number of hydrogen-bond donors (Lipinski definition) is 1. The molecule has 1 aliphatic heterocycles. The zero-order valence-electron chi connectivity index (χ0n) is 19.1. The fraction of sp³-hybridized carbons (Fsp3) is 0.222. The molecular formula is C27H23N3O3S. The number of carbonyl (C=O) groups is 1. The van der Waals surface area contributed by atoms with Crippen LogP contribution >= 0.6 is 11.3 Å². The van der Waals surface area contributed by atoms with Crippen LogP contribution in [0.3, 0.4) is 0 Å². The summed E-state index contributed by atoms with van der Waals surface area (Å²) in [6.45, 7) is 6.95. The Labute approximate surface area is 199 Å². The van der Waals surface area contributed by atoms with Crippen LogP contribution < -0.4 is 5.43 Å². The summed E-state index contributed by atoms with van der Waals surface area (Å²) in [6.07, 6.45) is 1.50. The van der Waals surface area contributed by atoms with Gasteiger partial charge in [-0.25, -0.2) is 4.79 Å². The number of carboxylic acid groups (broad SMARTS) is 1. The third-order valence-electron chi connectivity index (χ3n) is 6.71. The fourth-order valence-corrected chi connectivity index (χ4v) is 6.18. The minimum absolute atomic E-state index is 0.0541. The average molecular weight is 470 g/mol. The number of fused-ring (bicyclic) bond motifs is 6. The van der Waals surface area contributed by atoms with Crippen molar-refractivity contribution in [3.8, 4) is 22.6 Å². The lowest BCUT2D eigenvalue weighted by molar-refractivity contribution is 0.0693. The third-order valence-corrected chi connectivity index (χ3v) is 7.93. The van der Waals surface area contributed by atoms with Gasteiger partial charge in [-0.1, -0.05) is 57.2 Å². The molecule has 1 N–H and O–H groups in total. The first-order valence-electron chi connectivity index (χ1n) is 11.2. The first kappa shape index (κ1) is 20.9. The summed E-state index contributed by atoms with van der Waals surface area (Å²) in [6, 6.07) is 18.1. The highest BCUT2D eigenvalue weighted by atomic mass is 32.1. The molecule has 6 rings (SSSR count). The SMILES string of the molecule is CC(C)(C)[C@@H]1Cn2nc(-c3cccc4c3sc3ccccc34)cc2-c2cc(=O)c(C(=O)O)cn21. The normalized spacial score (nSPS) is 15.4. The van der Waals surface area contributed by atoms with Gasteiger partial charge < -0.3 is 9.67 Å². The first-order chi connectivity index (χ1) is 16.2. The van der Waals surface area contributed by atoms with Crippen LogP contribution in [0.4, 0.5) is 0 Å². The number of nitrogens with zero attached hydrogens (tertiary/aromatic N) is 3. The van der Waals surface area contributed by atoms with Crippen molar-refractivity contribution in [2.75, 3.05) is 0 Å². The van der Waals surface area contributed by atoms with E-state index in [1.54, 1.807) is 11.3 Å². The van der Waals surface area contributed by atoms with E-state index in [0.29, 0.717) is 12.2 Å². The number of benzene rings is 2. The maximum absolute atomic E-state index is 12.6. The van der Waals surface area contributed by atoms with Crippen LogP contribution in [0.15, 0.2) is 65.6 Å². The van der Waals surface area contributed by atoms with Crippen molar-refractivity contribution < 1.29 is 9.90 Å². The predicted molar refractivity (Wildman–Crippen MR) is 136 cm³/mol. The molecule has 4 heterocycles. The lowest BCUT2D eigenvalue weighted by Gasteiger charge is -2.38. The Morgan fingerprint density at radius 1 is 1.06 bits per heavy atom. The number of carboxylic acids is 1. The zero-order valence-corrected chi connectivity index (χ0v) is 19.9. The van der Waals surface area contributed by atoms with Crippen molar-refractivity contribution >= 4 is 37.5 Å². The van der Waals surface area contributed by atoms with E-state index < -0.39 is 11.4 Å². The van der Waals surface area contributed by atoms with E-state index in [9.17, 15) is 14.7 Å². The van der Waals surface area contributed by atoms with Gasteiger partial charge in [-0.05, 0) is 17.5 Å². The largest absolute Gasteiger partial charge is 0.477 e. The number of hydrogen-bond acceptors (Lipinski definition) is 4. The summed E-state index contributed by atoms with van der Waals surface area (Å²) >= 11 is 1.76. The lowest BCUT2D eigenvalue weighted by Crippen LogP contribution is -2.35. The Morgan fingerprint density at radius 3 is 2.59 bits per heavy atom. The Kier molecular flexibility index (Phi) is 4.38. The van der Waals surface area contributed by atoms with Crippen molar-refractivity contribution in [2.45, 2.75) is 33.4 Å². The summed E-state index contributed by atoms with van der Waals surface area (Å²) < 4.78 is 6.34. The minimum Gasteiger partial charge on any atom is -0.477 e. The summed E-state index contributed by atoms with van der Waals surface area (Å²) in [4.78, 5) is 24.3. The molecule has 0 radical (unpaired) electrons. The smallest absolute Gasteiger partial charge is 0.341 e. The summed E-state index contributed by atoms with van der Waals surface area (Å²) in [7, 11) is 0. The molecule has 0 unspecified atom stereocenters. The summed E-state index contributed by atoms with van der Waals surface area (Å²) in [5, 5.41) is 17.0. The Bertz CT molecular complexity index is 1680. The van der Waals surface area contributed by atoms with E-state index in [1.165, 1.54) is 32.4 Å². The highest BCUT2D eigenvalue weighted by Gasteiger charge is 2.34. The van der Waals surface area contributed by atoms with Crippen molar-refractivity contribution in [3.63, 3.8) is 0 Å².